The van der Waals surface area contributed by atoms with E-state index in [1.165, 1.54) is 4.90 Å². The lowest BCUT2D eigenvalue weighted by Crippen LogP contribution is -2.35. The molecule has 2 aromatic carbocycles. The topological polar surface area (TPSA) is 75.4 Å². The lowest BCUT2D eigenvalue weighted by Gasteiger charge is -2.18. The van der Waals surface area contributed by atoms with Gasteiger partial charge in [-0.2, -0.15) is 0 Å². The van der Waals surface area contributed by atoms with Gasteiger partial charge in [-0.1, -0.05) is 36.4 Å². The van der Waals surface area contributed by atoms with Crippen molar-refractivity contribution in [2.45, 2.75) is 26.7 Å². The molecule has 0 aliphatic carbocycles. The van der Waals surface area contributed by atoms with E-state index in [4.69, 9.17) is 5.73 Å². The fourth-order valence-corrected chi connectivity index (χ4v) is 2.69. The number of nitrogens with one attached hydrogen (secondary N) is 1. The minimum absolute atomic E-state index is 0. The van der Waals surface area contributed by atoms with E-state index in [1.54, 1.807) is 7.05 Å². The molecule has 2 aromatic rings. The number of halogens is 1. The number of hydrogen-bond donors (Lipinski definition) is 2. The minimum atomic E-state index is -0.201. The van der Waals surface area contributed by atoms with Crippen LogP contribution in [0.5, 0.6) is 0 Å². The van der Waals surface area contributed by atoms with Crippen LogP contribution in [0.2, 0.25) is 0 Å². The molecule has 0 atom stereocenters. The van der Waals surface area contributed by atoms with Crippen molar-refractivity contribution in [2.75, 3.05) is 24.6 Å². The number of para-hydroxylation sites is 2. The summed E-state index contributed by atoms with van der Waals surface area (Å²) < 4.78 is 0. The Kier molecular flexibility index (Phi) is 8.13. The first-order valence-corrected chi connectivity index (χ1v) is 8.32. The molecular weight excluding hydrogens is 350 g/mol. The molecule has 0 spiro atoms. The fourth-order valence-electron chi connectivity index (χ4n) is 2.69. The quantitative estimate of drug-likeness (QED) is 0.760. The fraction of sp³-hybridized carbons (Fsp3) is 0.300. The van der Waals surface area contributed by atoms with E-state index in [1.807, 2.05) is 56.3 Å². The van der Waals surface area contributed by atoms with Gasteiger partial charge in [0.1, 0.15) is 0 Å². The van der Waals surface area contributed by atoms with Crippen molar-refractivity contribution < 1.29 is 9.59 Å². The van der Waals surface area contributed by atoms with Crippen LogP contribution in [0, 0.1) is 13.8 Å². The average molecular weight is 376 g/mol. The first kappa shape index (κ1) is 21.5. The van der Waals surface area contributed by atoms with Crippen molar-refractivity contribution in [3.8, 4) is 0 Å². The summed E-state index contributed by atoms with van der Waals surface area (Å²) in [5, 5.41) is 2.89. The van der Waals surface area contributed by atoms with E-state index in [9.17, 15) is 9.59 Å². The number of hydrogen-bond acceptors (Lipinski definition) is 3. The van der Waals surface area contributed by atoms with Crippen LogP contribution < -0.4 is 11.1 Å². The van der Waals surface area contributed by atoms with Crippen LogP contribution in [-0.4, -0.2) is 30.3 Å². The lowest BCUT2D eigenvalue weighted by atomic mass is 10.1. The number of rotatable bonds is 6. The molecule has 5 nitrogen and oxygen atoms in total. The van der Waals surface area contributed by atoms with Gasteiger partial charge in [0.2, 0.25) is 11.8 Å². The molecule has 0 aliphatic rings. The third-order valence-electron chi connectivity index (χ3n) is 4.22. The SMILES string of the molecule is Cc1cccc(C)c1NC(=O)CN(C)C(=O)CCc1ccccc1N.Cl. The maximum Gasteiger partial charge on any atom is 0.243 e. The number of amides is 2. The van der Waals surface area contributed by atoms with Crippen LogP contribution in [-0.2, 0) is 16.0 Å². The normalized spacial score (nSPS) is 9.96. The van der Waals surface area contributed by atoms with Crippen LogP contribution in [0.15, 0.2) is 42.5 Å². The molecule has 26 heavy (non-hydrogen) atoms. The van der Waals surface area contributed by atoms with Crippen LogP contribution in [0.25, 0.3) is 0 Å². The highest BCUT2D eigenvalue weighted by Gasteiger charge is 2.14. The second kappa shape index (κ2) is 9.82. The van der Waals surface area contributed by atoms with Crippen molar-refractivity contribution in [3.63, 3.8) is 0 Å². The van der Waals surface area contributed by atoms with Crippen molar-refractivity contribution in [2.24, 2.45) is 0 Å². The third-order valence-corrected chi connectivity index (χ3v) is 4.22. The highest BCUT2D eigenvalue weighted by Crippen LogP contribution is 2.19. The summed E-state index contributed by atoms with van der Waals surface area (Å²) in [7, 11) is 1.64. The van der Waals surface area contributed by atoms with Crippen LogP contribution >= 0.6 is 12.4 Å². The van der Waals surface area contributed by atoms with Crippen molar-refractivity contribution >= 4 is 35.6 Å². The Balaban J connectivity index is 0.00000338. The third kappa shape index (κ3) is 5.77. The summed E-state index contributed by atoms with van der Waals surface area (Å²) in [5.74, 6) is -0.285. The number of nitrogens with two attached hydrogens (primary N) is 1. The zero-order chi connectivity index (χ0) is 18.4. The van der Waals surface area contributed by atoms with Gasteiger partial charge in [0.15, 0.2) is 0 Å². The van der Waals surface area contributed by atoms with Gasteiger partial charge in [-0.25, -0.2) is 0 Å². The highest BCUT2D eigenvalue weighted by molar-refractivity contribution is 5.95. The van der Waals surface area contributed by atoms with Gasteiger partial charge in [-0.05, 0) is 43.0 Å². The van der Waals surface area contributed by atoms with Crippen molar-refractivity contribution in [1.29, 1.82) is 0 Å². The molecule has 2 rings (SSSR count). The van der Waals surface area contributed by atoms with Gasteiger partial charge in [-0.15, -0.1) is 12.4 Å². The van der Waals surface area contributed by atoms with E-state index in [0.29, 0.717) is 18.5 Å². The molecule has 2 amide bonds. The Labute approximate surface area is 161 Å². The zero-order valence-electron chi connectivity index (χ0n) is 15.4. The Morgan fingerprint density at radius 3 is 2.27 bits per heavy atom. The Morgan fingerprint density at radius 1 is 1.04 bits per heavy atom. The molecule has 0 saturated heterocycles. The van der Waals surface area contributed by atoms with Crippen molar-refractivity contribution in [3.05, 3.63) is 59.2 Å². The summed E-state index contributed by atoms with van der Waals surface area (Å²) in [5.41, 5.74) is 10.3. The predicted molar refractivity (Wildman–Crippen MR) is 109 cm³/mol. The number of anilines is 2. The van der Waals surface area contributed by atoms with Gasteiger partial charge in [0.25, 0.3) is 0 Å². The van der Waals surface area contributed by atoms with Crippen LogP contribution in [0.1, 0.15) is 23.1 Å². The summed E-state index contributed by atoms with van der Waals surface area (Å²) in [6.07, 6.45) is 0.885. The van der Waals surface area contributed by atoms with Crippen molar-refractivity contribution in [1.82, 2.24) is 4.90 Å². The van der Waals surface area contributed by atoms with Gasteiger partial charge in [0.05, 0.1) is 6.54 Å². The van der Waals surface area contributed by atoms with Gasteiger partial charge >= 0.3 is 0 Å². The molecule has 6 heteroatoms. The molecule has 0 aliphatic heterocycles. The Morgan fingerprint density at radius 2 is 1.65 bits per heavy atom. The minimum Gasteiger partial charge on any atom is -0.399 e. The molecule has 0 saturated carbocycles. The molecule has 0 aromatic heterocycles. The lowest BCUT2D eigenvalue weighted by molar-refractivity contribution is -0.133. The summed E-state index contributed by atoms with van der Waals surface area (Å²) in [6, 6.07) is 13.3. The number of nitrogen functional groups attached to an aromatic ring is 1. The average Bonchev–Trinajstić information content (AvgIpc) is 2.57. The molecule has 0 unspecified atom stereocenters. The molecule has 3 N–H and O–H groups in total. The van der Waals surface area contributed by atoms with E-state index in [2.05, 4.69) is 5.32 Å². The maximum absolute atomic E-state index is 12.3. The first-order chi connectivity index (χ1) is 11.9. The smallest absolute Gasteiger partial charge is 0.243 e. The Hall–Kier alpha value is -2.53. The zero-order valence-corrected chi connectivity index (χ0v) is 16.2. The van der Waals surface area contributed by atoms with Gasteiger partial charge in [-0.3, -0.25) is 9.59 Å². The van der Waals surface area contributed by atoms with E-state index in [0.717, 1.165) is 22.4 Å². The molecule has 0 fully saturated rings. The largest absolute Gasteiger partial charge is 0.399 e. The summed E-state index contributed by atoms with van der Waals surface area (Å²) in [4.78, 5) is 25.9. The second-order valence-corrected chi connectivity index (χ2v) is 6.26. The molecular formula is C20H26ClN3O2. The predicted octanol–water partition coefficient (Wildman–Crippen LogP) is 3.34. The number of aryl methyl sites for hydroxylation is 3. The summed E-state index contributed by atoms with van der Waals surface area (Å²) in [6.45, 7) is 3.92. The molecule has 0 heterocycles. The van der Waals surface area contributed by atoms with E-state index >= 15 is 0 Å². The molecule has 0 radical (unpaired) electrons. The highest BCUT2D eigenvalue weighted by atomic mass is 35.5. The number of nitrogens with zero attached hydrogens (tertiary/aromatic N) is 1. The molecule has 140 valence electrons. The van der Waals surface area contributed by atoms with Crippen LogP contribution in [0.3, 0.4) is 0 Å². The Bertz CT molecular complexity index is 757. The molecule has 0 bridgehead atoms. The van der Waals surface area contributed by atoms with E-state index in [-0.39, 0.29) is 30.8 Å². The number of benzene rings is 2. The van der Waals surface area contributed by atoms with E-state index < -0.39 is 0 Å². The number of carbonyl (C=O) groups excluding carboxylic acids is 2. The number of carbonyl (C=O) groups is 2. The second-order valence-electron chi connectivity index (χ2n) is 6.26. The van der Waals surface area contributed by atoms with Gasteiger partial charge < -0.3 is 16.0 Å². The van der Waals surface area contributed by atoms with Crippen LogP contribution in [0.4, 0.5) is 11.4 Å². The summed E-state index contributed by atoms with van der Waals surface area (Å²) >= 11 is 0. The first-order valence-electron chi connectivity index (χ1n) is 8.32. The number of likely N-dealkylation sites (N-methyl/N-ethyl adjacent to an activating group) is 1. The standard InChI is InChI=1S/C20H25N3O2.ClH/c1-14-7-6-8-15(2)20(14)22-18(24)13-23(3)19(25)12-11-16-9-4-5-10-17(16)21;/h4-10H,11-13,21H2,1-3H3,(H,22,24);1H. The maximum atomic E-state index is 12.3. The van der Waals surface area contributed by atoms with Gasteiger partial charge in [0, 0.05) is 24.8 Å². The monoisotopic (exact) mass is 375 g/mol.